The van der Waals surface area contributed by atoms with Crippen LogP contribution in [0.5, 0.6) is 5.75 Å². The Morgan fingerprint density at radius 2 is 1.95 bits per heavy atom. The van der Waals surface area contributed by atoms with E-state index in [1.54, 1.807) is 11.3 Å². The van der Waals surface area contributed by atoms with Crippen LogP contribution in [-0.2, 0) is 6.54 Å². The van der Waals surface area contributed by atoms with Gasteiger partial charge in [0.1, 0.15) is 5.75 Å². The van der Waals surface area contributed by atoms with Crippen LogP contribution >= 0.6 is 11.3 Å². The summed E-state index contributed by atoms with van der Waals surface area (Å²) < 4.78 is 5.56. The van der Waals surface area contributed by atoms with Gasteiger partial charge in [-0.3, -0.25) is 0 Å². The van der Waals surface area contributed by atoms with Gasteiger partial charge >= 0.3 is 0 Å². The molecule has 0 unspecified atom stereocenters. The van der Waals surface area contributed by atoms with Crippen LogP contribution in [0.4, 0.5) is 5.69 Å². The van der Waals surface area contributed by atoms with E-state index < -0.39 is 0 Å². The van der Waals surface area contributed by atoms with Crippen LogP contribution in [-0.4, -0.2) is 11.6 Å². The highest BCUT2D eigenvalue weighted by molar-refractivity contribution is 7.11. The van der Waals surface area contributed by atoms with Crippen molar-refractivity contribution in [1.29, 1.82) is 0 Å². The molecule has 1 heterocycles. The van der Waals surface area contributed by atoms with Gasteiger partial charge in [-0.2, -0.15) is 0 Å². The second-order valence-electron chi connectivity index (χ2n) is 4.47. The molecule has 0 aliphatic rings. The van der Waals surface area contributed by atoms with E-state index in [1.165, 1.54) is 4.88 Å². The summed E-state index contributed by atoms with van der Waals surface area (Å²) in [6.45, 7) is 7.80. The first-order valence-corrected chi connectivity index (χ1v) is 7.40. The van der Waals surface area contributed by atoms with Crippen LogP contribution in [0.3, 0.4) is 0 Å². The minimum Gasteiger partial charge on any atom is -0.494 e. The molecule has 0 spiro atoms. The molecule has 0 aliphatic carbocycles. The molecule has 0 saturated carbocycles. The molecule has 2 rings (SSSR count). The maximum atomic E-state index is 5.56. The molecule has 1 N–H and O–H groups in total. The fourth-order valence-corrected chi connectivity index (χ4v) is 2.69. The van der Waals surface area contributed by atoms with Crippen LogP contribution < -0.4 is 10.1 Å². The van der Waals surface area contributed by atoms with Crippen molar-refractivity contribution in [3.63, 3.8) is 0 Å². The molecule has 3 nitrogen and oxygen atoms in total. The van der Waals surface area contributed by atoms with Crippen LogP contribution in [0.15, 0.2) is 24.3 Å². The Hall–Kier alpha value is -1.55. The first-order chi connectivity index (χ1) is 9.19. The molecule has 0 fully saturated rings. The number of benzene rings is 1. The number of ether oxygens (including phenoxy) is 1. The molecule has 0 radical (unpaired) electrons. The highest BCUT2D eigenvalue weighted by atomic mass is 32.1. The average Bonchev–Trinajstić information content (AvgIpc) is 2.73. The first-order valence-electron chi connectivity index (χ1n) is 6.58. The summed E-state index contributed by atoms with van der Waals surface area (Å²) in [6, 6.07) is 8.11. The fourth-order valence-electron chi connectivity index (χ4n) is 1.81. The molecule has 4 heteroatoms. The smallest absolute Gasteiger partial charge is 0.119 e. The molecule has 2 aromatic rings. The number of aromatic nitrogens is 1. The molecule has 0 aliphatic heterocycles. The van der Waals surface area contributed by atoms with E-state index in [2.05, 4.69) is 24.1 Å². The molecule has 0 atom stereocenters. The van der Waals surface area contributed by atoms with Crippen LogP contribution in [0.1, 0.15) is 28.9 Å². The maximum absolute atomic E-state index is 5.56. The molecular weight excluding hydrogens is 256 g/mol. The normalized spacial score (nSPS) is 10.5. The molecule has 1 aromatic heterocycles. The number of nitrogens with one attached hydrogen (secondary N) is 1. The van der Waals surface area contributed by atoms with Crippen molar-refractivity contribution in [2.75, 3.05) is 11.9 Å². The van der Waals surface area contributed by atoms with Gasteiger partial charge in [0.05, 0.1) is 23.9 Å². The van der Waals surface area contributed by atoms with E-state index in [1.807, 2.05) is 31.2 Å². The van der Waals surface area contributed by atoms with Gasteiger partial charge in [-0.25, -0.2) is 4.98 Å². The van der Waals surface area contributed by atoms with Crippen LogP contribution in [0.25, 0.3) is 0 Å². The Labute approximate surface area is 118 Å². The SMILES string of the molecule is CCCOc1ccc(NCc2sc(C)nc2C)cc1. The average molecular weight is 276 g/mol. The number of hydrogen-bond acceptors (Lipinski definition) is 4. The van der Waals surface area contributed by atoms with E-state index in [0.29, 0.717) is 0 Å². The maximum Gasteiger partial charge on any atom is 0.119 e. The molecule has 19 heavy (non-hydrogen) atoms. The lowest BCUT2D eigenvalue weighted by Gasteiger charge is -2.08. The van der Waals surface area contributed by atoms with Gasteiger partial charge < -0.3 is 10.1 Å². The number of nitrogens with zero attached hydrogens (tertiary/aromatic N) is 1. The van der Waals surface area contributed by atoms with E-state index >= 15 is 0 Å². The zero-order valence-corrected chi connectivity index (χ0v) is 12.5. The monoisotopic (exact) mass is 276 g/mol. The summed E-state index contributed by atoms with van der Waals surface area (Å²) in [5.41, 5.74) is 2.23. The molecule has 1 aromatic carbocycles. The lowest BCUT2D eigenvalue weighted by molar-refractivity contribution is 0.317. The summed E-state index contributed by atoms with van der Waals surface area (Å²) in [5, 5.41) is 4.54. The summed E-state index contributed by atoms with van der Waals surface area (Å²) in [7, 11) is 0. The molecular formula is C15H20N2OS. The summed E-state index contributed by atoms with van der Waals surface area (Å²) in [6.07, 6.45) is 1.03. The van der Waals surface area contributed by atoms with Crippen molar-refractivity contribution in [3.8, 4) is 5.75 Å². The second-order valence-corrected chi connectivity index (χ2v) is 5.76. The second kappa shape index (κ2) is 6.57. The molecule has 0 saturated heterocycles. The van der Waals surface area contributed by atoms with E-state index in [-0.39, 0.29) is 0 Å². The topological polar surface area (TPSA) is 34.1 Å². The summed E-state index contributed by atoms with van der Waals surface area (Å²) in [4.78, 5) is 5.72. The van der Waals surface area contributed by atoms with Crippen molar-refractivity contribution >= 4 is 17.0 Å². The number of anilines is 1. The predicted molar refractivity (Wildman–Crippen MR) is 81.1 cm³/mol. The Morgan fingerprint density at radius 1 is 1.21 bits per heavy atom. The third kappa shape index (κ3) is 3.96. The summed E-state index contributed by atoms with van der Waals surface area (Å²) >= 11 is 1.75. The van der Waals surface area contributed by atoms with E-state index in [9.17, 15) is 0 Å². The number of hydrogen-bond donors (Lipinski definition) is 1. The lowest BCUT2D eigenvalue weighted by atomic mass is 10.3. The third-order valence-electron chi connectivity index (χ3n) is 2.78. The quantitative estimate of drug-likeness (QED) is 0.860. The van der Waals surface area contributed by atoms with Crippen molar-refractivity contribution < 1.29 is 4.74 Å². The van der Waals surface area contributed by atoms with Crippen LogP contribution in [0, 0.1) is 13.8 Å². The number of aryl methyl sites for hydroxylation is 2. The van der Waals surface area contributed by atoms with Gasteiger partial charge in [0.2, 0.25) is 0 Å². The van der Waals surface area contributed by atoms with Crippen molar-refractivity contribution in [1.82, 2.24) is 4.98 Å². The van der Waals surface area contributed by atoms with Gasteiger partial charge in [0, 0.05) is 10.6 Å². The van der Waals surface area contributed by atoms with Gasteiger partial charge in [-0.05, 0) is 44.5 Å². The predicted octanol–water partition coefficient (Wildman–Crippen LogP) is 4.16. The largest absolute Gasteiger partial charge is 0.494 e. The highest BCUT2D eigenvalue weighted by Gasteiger charge is 2.04. The fraction of sp³-hybridized carbons (Fsp3) is 0.400. The molecule has 0 bridgehead atoms. The van der Waals surface area contributed by atoms with Gasteiger partial charge in [-0.1, -0.05) is 6.92 Å². The molecule has 0 amide bonds. The third-order valence-corrected chi connectivity index (χ3v) is 3.85. The Kier molecular flexibility index (Phi) is 4.80. The van der Waals surface area contributed by atoms with Crippen molar-refractivity contribution in [2.45, 2.75) is 33.7 Å². The van der Waals surface area contributed by atoms with E-state index in [0.717, 1.165) is 41.7 Å². The lowest BCUT2D eigenvalue weighted by Crippen LogP contribution is -1.99. The number of thiazole rings is 1. The minimum absolute atomic E-state index is 0.770. The Balaban J connectivity index is 1.91. The van der Waals surface area contributed by atoms with Crippen molar-refractivity contribution in [3.05, 3.63) is 39.8 Å². The van der Waals surface area contributed by atoms with Gasteiger partial charge in [-0.15, -0.1) is 11.3 Å². The first kappa shape index (κ1) is 13.9. The zero-order chi connectivity index (χ0) is 13.7. The molecule has 102 valence electrons. The Morgan fingerprint density at radius 3 is 2.53 bits per heavy atom. The number of rotatable bonds is 6. The Bertz CT molecular complexity index is 519. The van der Waals surface area contributed by atoms with Crippen molar-refractivity contribution in [2.24, 2.45) is 0 Å². The zero-order valence-electron chi connectivity index (χ0n) is 11.7. The minimum atomic E-state index is 0.770. The highest BCUT2D eigenvalue weighted by Crippen LogP contribution is 2.20. The van der Waals surface area contributed by atoms with E-state index in [4.69, 9.17) is 4.74 Å². The van der Waals surface area contributed by atoms with Gasteiger partial charge in [0.25, 0.3) is 0 Å². The standard InChI is InChI=1S/C15H20N2OS/c1-4-9-18-14-7-5-13(6-8-14)16-10-15-11(2)17-12(3)19-15/h5-8,16H,4,9-10H2,1-3H3. The van der Waals surface area contributed by atoms with Crippen LogP contribution in [0.2, 0.25) is 0 Å². The van der Waals surface area contributed by atoms with Gasteiger partial charge in [0.15, 0.2) is 0 Å². The summed E-state index contributed by atoms with van der Waals surface area (Å²) in [5.74, 6) is 0.928.